The number of fused-ring (bicyclic) bond motifs is 22. The third kappa shape index (κ3) is 13.2. The third-order valence-electron chi connectivity index (χ3n) is 26.2. The number of hydrogen-bond acceptors (Lipinski definition) is 10. The van der Waals surface area contributed by atoms with Crippen LogP contribution in [0, 0.1) is 0 Å². The molecule has 17 aromatic carbocycles. The van der Waals surface area contributed by atoms with Gasteiger partial charge >= 0.3 is 0 Å². The largest absolute Gasteiger partial charge is 0.309 e. The first kappa shape index (κ1) is 78.0. The zero-order chi connectivity index (χ0) is 89.0. The van der Waals surface area contributed by atoms with Crippen molar-refractivity contribution in [2.75, 3.05) is 0 Å². The van der Waals surface area contributed by atoms with E-state index in [9.17, 15) is 0 Å². The smallest absolute Gasteiger partial charge is 0.238 e. The van der Waals surface area contributed by atoms with Crippen LogP contribution in [-0.2, 0) is 0 Å². The van der Waals surface area contributed by atoms with Gasteiger partial charge in [-0.25, -0.2) is 15.0 Å². The van der Waals surface area contributed by atoms with E-state index in [1.54, 1.807) is 0 Å². The third-order valence-corrected chi connectivity index (χ3v) is 27.4. The number of aliphatic imine (C=N–C) groups is 1. The summed E-state index contributed by atoms with van der Waals surface area (Å²) in [4.78, 5) is 45.3. The lowest BCUT2D eigenvalue weighted by Gasteiger charge is -2.16. The Labute approximate surface area is 778 Å². The van der Waals surface area contributed by atoms with Gasteiger partial charge in [0.1, 0.15) is 5.82 Å². The Bertz CT molecular complexity index is 9220. The number of aromatic nitrogens is 13. The number of hydrogen-bond donors (Lipinski definition) is 0. The highest BCUT2D eigenvalue weighted by molar-refractivity contribution is 7.26. The molecule has 135 heavy (non-hydrogen) atoms. The fourth-order valence-electron chi connectivity index (χ4n) is 20.2. The van der Waals surface area contributed by atoms with Crippen LogP contribution >= 0.6 is 11.3 Å². The summed E-state index contributed by atoms with van der Waals surface area (Å²) in [5.41, 5.74) is 26.0. The Balaban J connectivity index is 0.000000105. The molecule has 0 bridgehead atoms. The van der Waals surface area contributed by atoms with E-state index in [2.05, 4.69) is 326 Å². The molecule has 1 aliphatic rings. The Kier molecular flexibility index (Phi) is 18.8. The first-order valence-electron chi connectivity index (χ1n) is 45.3. The minimum absolute atomic E-state index is 0.127. The predicted octanol–water partition coefficient (Wildman–Crippen LogP) is 29.7. The Morgan fingerprint density at radius 3 is 1.24 bits per heavy atom. The number of nitrogens with zero attached hydrogens (tertiary/aromatic N) is 14. The average Bonchev–Trinajstić information content (AvgIpc) is 1.55. The fourth-order valence-corrected chi connectivity index (χ4v) is 21.5. The molecule has 0 amide bonds. The summed E-state index contributed by atoms with van der Waals surface area (Å²) in [5, 5.41) is 13.2. The van der Waals surface area contributed by atoms with Crippen LogP contribution in [0.2, 0.25) is 0 Å². The van der Waals surface area contributed by atoms with Crippen LogP contribution in [-0.4, -0.2) is 68.4 Å². The van der Waals surface area contributed by atoms with Crippen molar-refractivity contribution in [2.24, 2.45) is 4.99 Å². The summed E-state index contributed by atoms with van der Waals surface area (Å²) in [7, 11) is 0. The highest BCUT2D eigenvalue weighted by atomic mass is 32.1. The van der Waals surface area contributed by atoms with Crippen LogP contribution in [0.4, 0.5) is 5.69 Å². The van der Waals surface area contributed by atoms with Gasteiger partial charge in [-0.1, -0.05) is 340 Å². The number of pyridine rings is 2. The van der Waals surface area contributed by atoms with Crippen molar-refractivity contribution in [3.8, 4) is 85.8 Å². The SMILES string of the molecule is c1ccc(-c2nc(-c3ccccc3)nc(-n3c4ccccc4c4ccc5c6ccccc6n(-c6ccccn6)c5c43)n2)cc1.c1ccc(-c2nc(-c3ccccc3)nc(-n3c4cccnc4c4ccc5c(c6ccccc6n5-c5ccccc5)c43)n2)cc1.c1ccc(C2C(c3ccc(-c4ccc5c6c7sc8ccccc8c7ccc6n(-c6ccccc6)c5c4)cc3)=Nc3ccccc32)cc1. The highest BCUT2D eigenvalue weighted by Gasteiger charge is 2.32. The lowest BCUT2D eigenvalue weighted by molar-refractivity contribution is 0.952. The quantitative estimate of drug-likeness (QED) is 0.118. The molecule has 15 heteroatoms. The molecule has 11 heterocycles. The van der Waals surface area contributed by atoms with Crippen LogP contribution < -0.4 is 0 Å². The van der Waals surface area contributed by atoms with Gasteiger partial charge in [0.15, 0.2) is 23.3 Å². The molecule has 0 saturated carbocycles. The summed E-state index contributed by atoms with van der Waals surface area (Å²) < 4.78 is 14.1. The second-order valence-electron chi connectivity index (χ2n) is 33.8. The van der Waals surface area contributed by atoms with Crippen LogP contribution in [0.3, 0.4) is 0 Å². The molecule has 27 aromatic rings. The lowest BCUT2D eigenvalue weighted by atomic mass is 9.85. The van der Waals surface area contributed by atoms with Crippen LogP contribution in [0.1, 0.15) is 22.6 Å². The number of para-hydroxylation sites is 6. The second-order valence-corrected chi connectivity index (χ2v) is 34.9. The van der Waals surface area contributed by atoms with Gasteiger partial charge in [0.2, 0.25) is 11.9 Å². The average molecular weight is 1750 g/mol. The van der Waals surface area contributed by atoms with Gasteiger partial charge in [-0.2, -0.15) is 19.9 Å². The molecule has 0 fully saturated rings. The van der Waals surface area contributed by atoms with E-state index in [1.807, 2.05) is 163 Å². The number of rotatable bonds is 12. The van der Waals surface area contributed by atoms with Gasteiger partial charge in [0, 0.05) is 115 Å². The van der Waals surface area contributed by atoms with Gasteiger partial charge < -0.3 is 9.13 Å². The fraction of sp³-hybridized carbons (Fsp3) is 0.00833. The van der Waals surface area contributed by atoms with Gasteiger partial charge in [-0.15, -0.1) is 11.3 Å². The van der Waals surface area contributed by atoms with Crippen molar-refractivity contribution in [3.05, 3.63) is 472 Å². The van der Waals surface area contributed by atoms with Gasteiger partial charge in [-0.05, 0) is 131 Å². The summed E-state index contributed by atoms with van der Waals surface area (Å²) in [6.07, 6.45) is 3.69. The Morgan fingerprint density at radius 2 is 0.659 bits per heavy atom. The maximum absolute atomic E-state index is 5.15. The molecule has 0 saturated heterocycles. The lowest BCUT2D eigenvalue weighted by Crippen LogP contribution is -2.11. The maximum Gasteiger partial charge on any atom is 0.238 e. The van der Waals surface area contributed by atoms with E-state index in [0.29, 0.717) is 35.2 Å². The molecule has 14 nitrogen and oxygen atoms in total. The van der Waals surface area contributed by atoms with Crippen molar-refractivity contribution in [3.63, 3.8) is 0 Å². The molecule has 10 aromatic heterocycles. The second kappa shape index (κ2) is 32.6. The molecule has 1 aliphatic heterocycles. The predicted molar refractivity (Wildman–Crippen MR) is 554 cm³/mol. The molecule has 632 valence electrons. The first-order valence-corrected chi connectivity index (χ1v) is 46.1. The Hall–Kier alpha value is -18.1. The number of thiophene rings is 1. The van der Waals surface area contributed by atoms with Crippen LogP contribution in [0.25, 0.3) is 215 Å². The van der Waals surface area contributed by atoms with Crippen LogP contribution in [0.5, 0.6) is 0 Å². The first-order chi connectivity index (χ1) is 67.0. The molecule has 0 aliphatic carbocycles. The maximum atomic E-state index is 5.15. The standard InChI is InChI=1S/C44H28N2S.2C38H24N6/c1-3-11-29(12-4-1)41-35-16-7-9-17-37(35)45-43(41)30-21-19-28(20-22-30)31-23-24-36-39(27-31)46(32-13-5-2-6-14-32)38-26-25-34-33-15-8-10-18-40(33)47-44(34)42(36)38;1-4-13-25(14-5-1)36-40-37(26-15-6-2-7-16-26)42-38(41-36)44-32-21-12-24-39-34(32)29-22-23-31-33(35(29)44)28-19-10-11-20-30(28)43(31)27-17-8-3-9-18-27;1-3-13-25(14-4-1)36-40-37(26-15-5-2-6-16-26)42-38(41-36)44-32-20-10-8-18-28(32)30-23-22-29-27-17-7-9-19-31(27)43(34(29)35(30)44)33-21-11-12-24-39-33/h1-27,41H;2*1-24H. The summed E-state index contributed by atoms with van der Waals surface area (Å²) in [6, 6.07) is 155. The number of benzene rings is 17. The zero-order valence-corrected chi connectivity index (χ0v) is 73.4. The molecular formula is C120H76N14S. The van der Waals surface area contributed by atoms with Gasteiger partial charge in [0.25, 0.3) is 0 Å². The normalized spacial score (nSPS) is 12.6. The van der Waals surface area contributed by atoms with Crippen molar-refractivity contribution in [1.29, 1.82) is 0 Å². The van der Waals surface area contributed by atoms with Crippen molar-refractivity contribution < 1.29 is 0 Å². The summed E-state index contributed by atoms with van der Waals surface area (Å²) >= 11 is 1.90. The molecule has 1 unspecified atom stereocenters. The molecule has 0 spiro atoms. The van der Waals surface area contributed by atoms with Gasteiger partial charge in [0.05, 0.1) is 78.0 Å². The van der Waals surface area contributed by atoms with Crippen molar-refractivity contribution in [2.45, 2.75) is 5.92 Å². The summed E-state index contributed by atoms with van der Waals surface area (Å²) in [5.74, 6) is 4.58. The zero-order valence-electron chi connectivity index (χ0n) is 72.5. The molecule has 28 rings (SSSR count). The minimum atomic E-state index is 0.127. The van der Waals surface area contributed by atoms with Gasteiger partial charge in [-0.3, -0.25) is 23.7 Å². The molecule has 0 N–H and O–H groups in total. The highest BCUT2D eigenvalue weighted by Crippen LogP contribution is 2.49. The van der Waals surface area contributed by atoms with E-state index in [0.717, 1.165) is 138 Å². The van der Waals surface area contributed by atoms with Crippen molar-refractivity contribution >= 4 is 152 Å². The monoisotopic (exact) mass is 1740 g/mol. The minimum Gasteiger partial charge on any atom is -0.309 e. The summed E-state index contributed by atoms with van der Waals surface area (Å²) in [6.45, 7) is 0. The molecule has 0 radical (unpaired) electrons. The van der Waals surface area contributed by atoms with Crippen LogP contribution in [0.15, 0.2) is 460 Å². The van der Waals surface area contributed by atoms with E-state index >= 15 is 0 Å². The topological polar surface area (TPSA) is 140 Å². The molecule has 1 atom stereocenters. The molecular weight excluding hydrogens is 1670 g/mol. The van der Waals surface area contributed by atoms with E-state index in [-0.39, 0.29) is 5.92 Å². The van der Waals surface area contributed by atoms with Crippen molar-refractivity contribution in [1.82, 2.24) is 62.7 Å². The van der Waals surface area contributed by atoms with E-state index in [4.69, 9.17) is 44.9 Å². The van der Waals surface area contributed by atoms with E-state index in [1.165, 1.54) is 69.9 Å². The van der Waals surface area contributed by atoms with E-state index < -0.39 is 0 Å². The Morgan fingerprint density at radius 1 is 0.237 bits per heavy atom.